The molecule has 0 N–H and O–H groups in total. The Morgan fingerprint density at radius 1 is 1.21 bits per heavy atom. The van der Waals surface area contributed by atoms with Crippen molar-refractivity contribution in [1.82, 2.24) is 9.55 Å². The molecule has 0 amide bonds. The van der Waals surface area contributed by atoms with Crippen molar-refractivity contribution >= 4 is 23.9 Å². The van der Waals surface area contributed by atoms with E-state index in [1.807, 2.05) is 47.3 Å². The lowest BCUT2D eigenvalue weighted by Crippen LogP contribution is -1.78. The Kier molecular flexibility index (Phi) is 2.65. The summed E-state index contributed by atoms with van der Waals surface area (Å²) in [7, 11) is 0. The molecule has 0 radical (unpaired) electrons. The topological polar surface area (TPSA) is 17.8 Å². The van der Waals surface area contributed by atoms with E-state index in [9.17, 15) is 0 Å². The first-order valence-corrected chi connectivity index (χ1v) is 4.63. The lowest BCUT2D eigenvalue weighted by Gasteiger charge is -1.94. The zero-order valence-corrected chi connectivity index (χ0v) is 8.22. The summed E-state index contributed by atoms with van der Waals surface area (Å²) in [6.07, 6.45) is 9.30. The summed E-state index contributed by atoms with van der Waals surface area (Å²) >= 11 is 5.77. The summed E-state index contributed by atoms with van der Waals surface area (Å²) in [5.41, 5.74) is 1.11. The fourth-order valence-electron chi connectivity index (χ4n) is 1.10. The number of imidazole rings is 1. The van der Waals surface area contributed by atoms with Crippen molar-refractivity contribution in [3.05, 3.63) is 53.6 Å². The Balaban J connectivity index is 2.15. The third-order valence-electron chi connectivity index (χ3n) is 1.83. The van der Waals surface area contributed by atoms with E-state index in [4.69, 9.17) is 11.6 Å². The van der Waals surface area contributed by atoms with Crippen LogP contribution < -0.4 is 0 Å². The first kappa shape index (κ1) is 9.03. The van der Waals surface area contributed by atoms with Crippen LogP contribution in [-0.4, -0.2) is 9.55 Å². The van der Waals surface area contributed by atoms with Crippen LogP contribution in [0.25, 0.3) is 12.3 Å². The molecule has 2 nitrogen and oxygen atoms in total. The third kappa shape index (κ3) is 2.24. The van der Waals surface area contributed by atoms with Gasteiger partial charge in [-0.15, -0.1) is 0 Å². The largest absolute Gasteiger partial charge is 0.313 e. The van der Waals surface area contributed by atoms with Gasteiger partial charge in [0.2, 0.25) is 0 Å². The van der Waals surface area contributed by atoms with Crippen LogP contribution in [0.4, 0.5) is 0 Å². The predicted molar refractivity (Wildman–Crippen MR) is 58.9 cm³/mol. The van der Waals surface area contributed by atoms with Crippen molar-refractivity contribution in [3.63, 3.8) is 0 Å². The van der Waals surface area contributed by atoms with Gasteiger partial charge < -0.3 is 4.57 Å². The van der Waals surface area contributed by atoms with E-state index in [0.717, 1.165) is 10.6 Å². The molecule has 2 aromatic rings. The van der Waals surface area contributed by atoms with Gasteiger partial charge in [0.1, 0.15) is 0 Å². The number of rotatable bonds is 2. The molecule has 0 fully saturated rings. The highest BCUT2D eigenvalue weighted by atomic mass is 35.5. The van der Waals surface area contributed by atoms with Gasteiger partial charge in [-0.05, 0) is 23.8 Å². The second-order valence-electron chi connectivity index (χ2n) is 2.88. The van der Waals surface area contributed by atoms with Crippen LogP contribution in [0.2, 0.25) is 5.02 Å². The van der Waals surface area contributed by atoms with Crippen LogP contribution in [0, 0.1) is 0 Å². The van der Waals surface area contributed by atoms with E-state index in [2.05, 4.69) is 4.98 Å². The quantitative estimate of drug-likeness (QED) is 0.735. The molecule has 0 atom stereocenters. The van der Waals surface area contributed by atoms with E-state index in [1.54, 1.807) is 12.5 Å². The Hall–Kier alpha value is -1.54. The molecule has 14 heavy (non-hydrogen) atoms. The molecule has 0 spiro atoms. The molecule has 2 rings (SSSR count). The molecule has 0 aliphatic rings. The highest BCUT2D eigenvalue weighted by Gasteiger charge is 1.87. The second-order valence-corrected chi connectivity index (χ2v) is 3.31. The maximum absolute atomic E-state index is 5.77. The monoisotopic (exact) mass is 204 g/mol. The maximum atomic E-state index is 5.77. The van der Waals surface area contributed by atoms with Crippen molar-refractivity contribution in [3.8, 4) is 0 Å². The van der Waals surface area contributed by atoms with Gasteiger partial charge in [-0.25, -0.2) is 4.98 Å². The molecule has 0 bridgehead atoms. The number of halogens is 1. The molecule has 0 unspecified atom stereocenters. The van der Waals surface area contributed by atoms with Gasteiger partial charge in [0.25, 0.3) is 0 Å². The average molecular weight is 205 g/mol. The SMILES string of the molecule is Clc1ccc(/C=C/n2ccnc2)cc1. The van der Waals surface area contributed by atoms with Crippen molar-refractivity contribution in [2.45, 2.75) is 0 Å². The van der Waals surface area contributed by atoms with Gasteiger partial charge in [0.15, 0.2) is 0 Å². The molecule has 70 valence electrons. The Bertz CT molecular complexity index is 415. The molecule has 1 aromatic carbocycles. The van der Waals surface area contributed by atoms with Crippen LogP contribution in [0.1, 0.15) is 5.56 Å². The van der Waals surface area contributed by atoms with Crippen LogP contribution in [0.15, 0.2) is 43.0 Å². The fourth-order valence-corrected chi connectivity index (χ4v) is 1.23. The average Bonchev–Trinajstić information content (AvgIpc) is 2.70. The molecular weight excluding hydrogens is 196 g/mol. The molecule has 3 heteroatoms. The summed E-state index contributed by atoms with van der Waals surface area (Å²) in [6, 6.07) is 7.68. The van der Waals surface area contributed by atoms with Crippen LogP contribution >= 0.6 is 11.6 Å². The van der Waals surface area contributed by atoms with Gasteiger partial charge >= 0.3 is 0 Å². The van der Waals surface area contributed by atoms with E-state index in [-0.39, 0.29) is 0 Å². The van der Waals surface area contributed by atoms with Gasteiger partial charge in [-0.2, -0.15) is 0 Å². The third-order valence-corrected chi connectivity index (χ3v) is 2.09. The van der Waals surface area contributed by atoms with Gasteiger partial charge in [0.05, 0.1) is 6.33 Å². The summed E-state index contributed by atoms with van der Waals surface area (Å²) in [5.74, 6) is 0. The predicted octanol–water partition coefficient (Wildman–Crippen LogP) is 3.16. The maximum Gasteiger partial charge on any atom is 0.0986 e. The van der Waals surface area contributed by atoms with E-state index < -0.39 is 0 Å². The minimum atomic E-state index is 0.754. The van der Waals surface area contributed by atoms with Gasteiger partial charge in [0, 0.05) is 23.6 Å². The minimum absolute atomic E-state index is 0.754. The first-order valence-electron chi connectivity index (χ1n) is 4.26. The molecule has 0 saturated heterocycles. The highest BCUT2D eigenvalue weighted by molar-refractivity contribution is 6.30. The zero-order chi connectivity index (χ0) is 9.80. The van der Waals surface area contributed by atoms with Crippen LogP contribution in [-0.2, 0) is 0 Å². The van der Waals surface area contributed by atoms with Crippen molar-refractivity contribution in [2.75, 3.05) is 0 Å². The Labute approximate surface area is 87.5 Å². The van der Waals surface area contributed by atoms with Crippen LogP contribution in [0.3, 0.4) is 0 Å². The standard InChI is InChI=1S/C11H9ClN2/c12-11-3-1-10(2-4-11)5-7-14-8-6-13-9-14/h1-9H/b7-5+. The number of aromatic nitrogens is 2. The smallest absolute Gasteiger partial charge is 0.0986 e. The molecule has 0 aliphatic carbocycles. The van der Waals surface area contributed by atoms with Gasteiger partial charge in [-0.1, -0.05) is 23.7 Å². The number of nitrogens with zero attached hydrogens (tertiary/aromatic N) is 2. The Morgan fingerprint density at radius 3 is 2.64 bits per heavy atom. The zero-order valence-electron chi connectivity index (χ0n) is 7.47. The molecule has 1 aromatic heterocycles. The van der Waals surface area contributed by atoms with Crippen molar-refractivity contribution in [1.29, 1.82) is 0 Å². The summed E-state index contributed by atoms with van der Waals surface area (Å²) in [4.78, 5) is 3.94. The van der Waals surface area contributed by atoms with Crippen LogP contribution in [0.5, 0.6) is 0 Å². The van der Waals surface area contributed by atoms with E-state index in [0.29, 0.717) is 0 Å². The lowest BCUT2D eigenvalue weighted by atomic mass is 10.2. The van der Waals surface area contributed by atoms with E-state index in [1.165, 1.54) is 0 Å². The second kappa shape index (κ2) is 4.11. The normalized spacial score (nSPS) is 10.9. The lowest BCUT2D eigenvalue weighted by molar-refractivity contribution is 1.14. The molecule has 0 saturated carbocycles. The van der Waals surface area contributed by atoms with Crippen molar-refractivity contribution in [2.24, 2.45) is 0 Å². The summed E-state index contributed by atoms with van der Waals surface area (Å²) in [5, 5.41) is 0.754. The number of hydrogen-bond acceptors (Lipinski definition) is 1. The first-order chi connectivity index (χ1) is 6.84. The number of benzene rings is 1. The van der Waals surface area contributed by atoms with E-state index >= 15 is 0 Å². The molecular formula is C11H9ClN2. The number of hydrogen-bond donors (Lipinski definition) is 0. The van der Waals surface area contributed by atoms with Crippen molar-refractivity contribution < 1.29 is 0 Å². The summed E-state index contributed by atoms with van der Waals surface area (Å²) < 4.78 is 1.88. The minimum Gasteiger partial charge on any atom is -0.313 e. The fraction of sp³-hybridized carbons (Fsp3) is 0. The van der Waals surface area contributed by atoms with Gasteiger partial charge in [-0.3, -0.25) is 0 Å². The highest BCUT2D eigenvalue weighted by Crippen LogP contribution is 2.10. The molecule has 1 heterocycles. The molecule has 0 aliphatic heterocycles. The summed E-state index contributed by atoms with van der Waals surface area (Å²) in [6.45, 7) is 0. The Morgan fingerprint density at radius 2 is 2.00 bits per heavy atom.